The lowest BCUT2D eigenvalue weighted by Crippen LogP contribution is -2.53. The summed E-state index contributed by atoms with van der Waals surface area (Å²) in [5.74, 6) is 0.824. The van der Waals surface area contributed by atoms with Crippen LogP contribution in [-0.4, -0.2) is 15.5 Å². The van der Waals surface area contributed by atoms with Gasteiger partial charge in [0.25, 0.3) is 5.91 Å². The maximum atomic E-state index is 14.8. The van der Waals surface area contributed by atoms with Crippen LogP contribution in [0.5, 0.6) is 0 Å². The van der Waals surface area contributed by atoms with Gasteiger partial charge in [-0.25, -0.2) is 4.98 Å². The average Bonchev–Trinajstić information content (AvgIpc) is 3.39. The molecule has 0 bridgehead atoms. The van der Waals surface area contributed by atoms with Gasteiger partial charge in [0.05, 0.1) is 23.3 Å². The van der Waals surface area contributed by atoms with Gasteiger partial charge in [0.2, 0.25) is 5.66 Å². The van der Waals surface area contributed by atoms with Gasteiger partial charge in [-0.3, -0.25) is 9.36 Å². The third-order valence-electron chi connectivity index (χ3n) is 7.98. The lowest BCUT2D eigenvalue weighted by Gasteiger charge is -2.38. The smallest absolute Gasteiger partial charge is 0.279 e. The van der Waals surface area contributed by atoms with Crippen molar-refractivity contribution in [2.45, 2.75) is 39.4 Å². The first-order valence-corrected chi connectivity index (χ1v) is 12.9. The predicted molar refractivity (Wildman–Crippen MR) is 149 cm³/mol. The highest BCUT2D eigenvalue weighted by Crippen LogP contribution is 2.51. The summed E-state index contributed by atoms with van der Waals surface area (Å²) in [5.41, 5.74) is 9.23. The van der Waals surface area contributed by atoms with Gasteiger partial charge >= 0.3 is 0 Å². The molecule has 37 heavy (non-hydrogen) atoms. The summed E-state index contributed by atoms with van der Waals surface area (Å²) >= 11 is 0. The number of hydrogen-bond donors (Lipinski definition) is 1. The van der Waals surface area contributed by atoms with Crippen LogP contribution in [-0.2, 0) is 23.4 Å². The van der Waals surface area contributed by atoms with Crippen LogP contribution in [0.4, 0.5) is 11.4 Å². The van der Waals surface area contributed by atoms with Crippen molar-refractivity contribution < 1.29 is 4.79 Å². The normalized spacial score (nSPS) is 17.6. The van der Waals surface area contributed by atoms with Gasteiger partial charge in [0.1, 0.15) is 5.82 Å². The number of aryl methyl sites for hydroxylation is 3. The maximum absolute atomic E-state index is 14.8. The number of aromatic nitrogens is 2. The van der Waals surface area contributed by atoms with Gasteiger partial charge < -0.3 is 10.2 Å². The second-order valence-electron chi connectivity index (χ2n) is 10.2. The highest BCUT2D eigenvalue weighted by Gasteiger charge is 2.56. The van der Waals surface area contributed by atoms with Gasteiger partial charge in [-0.2, -0.15) is 0 Å². The predicted octanol–water partition coefficient (Wildman–Crippen LogP) is 6.56. The largest absolute Gasteiger partial charge is 0.350 e. The van der Waals surface area contributed by atoms with Crippen molar-refractivity contribution in [2.75, 3.05) is 10.2 Å². The maximum Gasteiger partial charge on any atom is 0.279 e. The summed E-state index contributed by atoms with van der Waals surface area (Å²) in [4.78, 5) is 21.9. The van der Waals surface area contributed by atoms with Gasteiger partial charge in [-0.05, 0) is 78.9 Å². The number of hydrogen-bond acceptors (Lipinski definition) is 3. The molecule has 7 rings (SSSR count). The van der Waals surface area contributed by atoms with E-state index in [1.807, 2.05) is 41.3 Å². The topological polar surface area (TPSA) is 50.2 Å². The van der Waals surface area contributed by atoms with E-state index in [0.29, 0.717) is 6.54 Å². The number of amides is 1. The van der Waals surface area contributed by atoms with Crippen molar-refractivity contribution in [1.82, 2.24) is 9.55 Å². The molecule has 5 nitrogen and oxygen atoms in total. The Morgan fingerprint density at radius 1 is 0.865 bits per heavy atom. The van der Waals surface area contributed by atoms with Crippen LogP contribution in [0.15, 0.2) is 84.9 Å². The fourth-order valence-corrected chi connectivity index (χ4v) is 5.90. The Labute approximate surface area is 216 Å². The molecule has 1 spiro atoms. The summed E-state index contributed by atoms with van der Waals surface area (Å²) in [6.07, 6.45) is 0.892. The lowest BCUT2D eigenvalue weighted by molar-refractivity contribution is -0.123. The highest BCUT2D eigenvalue weighted by atomic mass is 16.2. The Bertz CT molecular complexity index is 1720. The molecule has 5 heteroatoms. The van der Waals surface area contributed by atoms with Crippen LogP contribution in [0.3, 0.4) is 0 Å². The van der Waals surface area contributed by atoms with Crippen LogP contribution in [0.2, 0.25) is 0 Å². The van der Waals surface area contributed by atoms with E-state index in [4.69, 9.17) is 4.98 Å². The Morgan fingerprint density at radius 3 is 2.43 bits per heavy atom. The molecule has 1 atom stereocenters. The second kappa shape index (κ2) is 7.81. The molecule has 3 heterocycles. The van der Waals surface area contributed by atoms with Crippen LogP contribution in [0.25, 0.3) is 22.4 Å². The molecule has 1 unspecified atom stereocenters. The van der Waals surface area contributed by atoms with E-state index in [2.05, 4.69) is 79.2 Å². The molecule has 2 aliphatic rings. The zero-order valence-corrected chi connectivity index (χ0v) is 21.2. The minimum atomic E-state index is -1.13. The summed E-state index contributed by atoms with van der Waals surface area (Å²) in [5, 5.41) is 3.75. The molecular formula is C32H28N4O. The molecule has 5 aromatic rings. The molecular weight excluding hydrogens is 456 g/mol. The zero-order chi connectivity index (χ0) is 25.3. The van der Waals surface area contributed by atoms with E-state index in [0.717, 1.165) is 51.3 Å². The van der Waals surface area contributed by atoms with Crippen LogP contribution >= 0.6 is 0 Å². The van der Waals surface area contributed by atoms with Gasteiger partial charge in [0.15, 0.2) is 0 Å². The Kier molecular flexibility index (Phi) is 4.61. The number of rotatable bonds is 3. The fraction of sp³-hybridized carbons (Fsp3) is 0.188. The quantitative estimate of drug-likeness (QED) is 0.316. The van der Waals surface area contributed by atoms with Crippen molar-refractivity contribution in [3.05, 3.63) is 113 Å². The number of anilines is 2. The average molecular weight is 485 g/mol. The van der Waals surface area contributed by atoms with Crippen molar-refractivity contribution in [3.8, 4) is 11.4 Å². The number of carbonyl (C=O) groups excluding carboxylic acids is 1. The van der Waals surface area contributed by atoms with E-state index >= 15 is 0 Å². The van der Waals surface area contributed by atoms with E-state index in [-0.39, 0.29) is 5.91 Å². The molecule has 182 valence electrons. The molecule has 0 radical (unpaired) electrons. The molecule has 1 N–H and O–H groups in total. The Balaban J connectivity index is 1.56. The number of para-hydroxylation sites is 1. The van der Waals surface area contributed by atoms with Gasteiger partial charge in [0, 0.05) is 16.8 Å². The molecule has 2 aliphatic heterocycles. The van der Waals surface area contributed by atoms with E-state index < -0.39 is 5.66 Å². The van der Waals surface area contributed by atoms with E-state index in [9.17, 15) is 4.79 Å². The van der Waals surface area contributed by atoms with Gasteiger partial charge in [-0.1, -0.05) is 55.5 Å². The van der Waals surface area contributed by atoms with E-state index in [1.54, 1.807) is 0 Å². The van der Waals surface area contributed by atoms with Crippen molar-refractivity contribution >= 4 is 28.3 Å². The van der Waals surface area contributed by atoms with Crippen molar-refractivity contribution in [3.63, 3.8) is 0 Å². The third-order valence-corrected chi connectivity index (χ3v) is 7.98. The highest BCUT2D eigenvalue weighted by molar-refractivity contribution is 6.12. The summed E-state index contributed by atoms with van der Waals surface area (Å²) in [6.45, 7) is 6.89. The Hall–Kier alpha value is -4.38. The monoisotopic (exact) mass is 484 g/mol. The Morgan fingerprint density at radius 2 is 1.62 bits per heavy atom. The third kappa shape index (κ3) is 2.97. The van der Waals surface area contributed by atoms with Crippen LogP contribution in [0.1, 0.15) is 34.7 Å². The molecule has 4 aromatic carbocycles. The van der Waals surface area contributed by atoms with Gasteiger partial charge in [-0.15, -0.1) is 0 Å². The number of benzene rings is 4. The number of nitrogens with one attached hydrogen (secondary N) is 1. The van der Waals surface area contributed by atoms with Crippen molar-refractivity contribution in [1.29, 1.82) is 0 Å². The standard InChI is InChI=1S/C32H28N4O/c1-4-22-14-15-28-25(18-22)32(31(37)35(28)19-23-10-6-5-7-11-23)34-26-13-9-8-12-24(26)30-33-27-16-20(2)21(3)17-29(27)36(30)32/h5-18,34H,4,19H2,1-3H3. The van der Waals surface area contributed by atoms with Crippen molar-refractivity contribution in [2.24, 2.45) is 0 Å². The summed E-state index contributed by atoms with van der Waals surface area (Å²) < 4.78 is 2.16. The second-order valence-corrected chi connectivity index (χ2v) is 10.2. The van der Waals surface area contributed by atoms with Crippen LogP contribution < -0.4 is 10.2 Å². The lowest BCUT2D eigenvalue weighted by atomic mass is 9.93. The first-order valence-electron chi connectivity index (χ1n) is 12.9. The summed E-state index contributed by atoms with van der Waals surface area (Å²) in [7, 11) is 0. The minimum absolute atomic E-state index is 0.00730. The number of carbonyl (C=O) groups is 1. The molecule has 0 saturated carbocycles. The van der Waals surface area contributed by atoms with E-state index in [1.165, 1.54) is 16.7 Å². The molecule has 1 amide bonds. The number of fused-ring (bicyclic) bond motifs is 8. The molecule has 0 fully saturated rings. The number of nitrogens with zero attached hydrogens (tertiary/aromatic N) is 3. The first-order chi connectivity index (χ1) is 18.0. The fourth-order valence-electron chi connectivity index (χ4n) is 5.90. The first kappa shape index (κ1) is 21.9. The zero-order valence-electron chi connectivity index (χ0n) is 21.2. The molecule has 0 aliphatic carbocycles. The summed E-state index contributed by atoms with van der Waals surface area (Å²) in [6, 6.07) is 29.1. The minimum Gasteiger partial charge on any atom is -0.350 e. The molecule has 0 saturated heterocycles. The molecule has 1 aromatic heterocycles. The SMILES string of the molecule is CCc1ccc2c(c1)C1(Nc3ccccc3-c3nc4cc(C)c(C)cc4n31)C(=O)N2Cc1ccccc1. The van der Waals surface area contributed by atoms with Crippen LogP contribution in [0, 0.1) is 13.8 Å². The number of imidazole rings is 1.